The summed E-state index contributed by atoms with van der Waals surface area (Å²) in [5, 5.41) is 0.442. The number of halogens is 1. The van der Waals surface area contributed by atoms with E-state index in [1.165, 1.54) is 9.13 Å². The lowest BCUT2D eigenvalue weighted by Gasteiger charge is -2.24. The van der Waals surface area contributed by atoms with E-state index in [-0.39, 0.29) is 23.9 Å². The molecule has 7 heteroatoms. The molecule has 1 aliphatic carbocycles. The summed E-state index contributed by atoms with van der Waals surface area (Å²) in [6.07, 6.45) is 4.73. The Hall–Kier alpha value is -2.67. The number of benzene rings is 2. The molecule has 1 aliphatic rings. The van der Waals surface area contributed by atoms with Crippen LogP contribution in [-0.2, 0) is 6.54 Å². The van der Waals surface area contributed by atoms with E-state index in [1.807, 2.05) is 0 Å². The van der Waals surface area contributed by atoms with Crippen LogP contribution < -0.4 is 16.0 Å². The number of Topliss-reactive ketones (excluding diaryl/α,β-unsaturated/α-hetero) is 1. The van der Waals surface area contributed by atoms with Gasteiger partial charge in [0, 0.05) is 16.1 Å². The first-order valence-corrected chi connectivity index (χ1v) is 10.9. The monoisotopic (exact) mass is 470 g/mol. The van der Waals surface area contributed by atoms with E-state index in [0.29, 0.717) is 22.2 Å². The first-order valence-electron chi connectivity index (χ1n) is 10.1. The van der Waals surface area contributed by atoms with E-state index in [4.69, 9.17) is 4.74 Å². The zero-order valence-electron chi connectivity index (χ0n) is 16.8. The number of carbonyl (C=O) groups is 1. The van der Waals surface area contributed by atoms with Gasteiger partial charge in [-0.3, -0.25) is 18.7 Å². The van der Waals surface area contributed by atoms with E-state index in [1.54, 1.807) is 49.6 Å². The van der Waals surface area contributed by atoms with Crippen molar-refractivity contribution in [1.29, 1.82) is 0 Å². The SMILES string of the molecule is COc1ccc(C(=O)Cn2c(=O)n(C3CCCCC3)c(=O)c3cc(Br)ccc32)cc1. The van der Waals surface area contributed by atoms with Crippen molar-refractivity contribution >= 4 is 32.6 Å². The number of hydrogen-bond acceptors (Lipinski definition) is 4. The van der Waals surface area contributed by atoms with Crippen molar-refractivity contribution in [3.8, 4) is 5.75 Å². The third-order valence-corrected chi connectivity index (χ3v) is 6.28. The van der Waals surface area contributed by atoms with E-state index < -0.39 is 5.69 Å². The van der Waals surface area contributed by atoms with Gasteiger partial charge in [0.05, 0.1) is 24.6 Å². The number of fused-ring (bicyclic) bond motifs is 1. The molecule has 0 N–H and O–H groups in total. The standard InChI is InChI=1S/C23H23BrN2O4/c1-30-18-10-7-15(8-11-18)21(27)14-25-20-12-9-16(24)13-19(20)22(28)26(23(25)29)17-5-3-2-4-6-17/h7-13,17H,2-6,14H2,1H3. The molecule has 6 nitrogen and oxygen atoms in total. The second-order valence-corrected chi connectivity index (χ2v) is 8.56. The van der Waals surface area contributed by atoms with Crippen LogP contribution in [0.3, 0.4) is 0 Å². The lowest BCUT2D eigenvalue weighted by molar-refractivity contribution is 0.0971. The Morgan fingerprint density at radius 3 is 2.43 bits per heavy atom. The molecule has 0 saturated heterocycles. The zero-order chi connectivity index (χ0) is 21.3. The number of hydrogen-bond donors (Lipinski definition) is 0. The maximum atomic E-state index is 13.4. The first-order chi connectivity index (χ1) is 14.5. The van der Waals surface area contributed by atoms with Gasteiger partial charge in [-0.1, -0.05) is 35.2 Å². The Morgan fingerprint density at radius 1 is 1.07 bits per heavy atom. The topological polar surface area (TPSA) is 70.3 Å². The van der Waals surface area contributed by atoms with Crippen molar-refractivity contribution in [3.63, 3.8) is 0 Å². The summed E-state index contributed by atoms with van der Waals surface area (Å²) < 4.78 is 8.71. The van der Waals surface area contributed by atoms with Crippen LogP contribution in [0.2, 0.25) is 0 Å². The summed E-state index contributed by atoms with van der Waals surface area (Å²) >= 11 is 3.42. The fourth-order valence-corrected chi connectivity index (χ4v) is 4.55. The van der Waals surface area contributed by atoms with Crippen LogP contribution in [0.15, 0.2) is 56.5 Å². The minimum Gasteiger partial charge on any atom is -0.497 e. The van der Waals surface area contributed by atoms with Crippen molar-refractivity contribution in [1.82, 2.24) is 9.13 Å². The zero-order valence-corrected chi connectivity index (χ0v) is 18.4. The third-order valence-electron chi connectivity index (χ3n) is 5.79. The van der Waals surface area contributed by atoms with Crippen molar-refractivity contribution in [2.45, 2.75) is 44.7 Å². The number of methoxy groups -OCH3 is 1. The van der Waals surface area contributed by atoms with Gasteiger partial charge in [-0.25, -0.2) is 4.79 Å². The molecule has 1 aromatic heterocycles. The number of ketones is 1. The highest BCUT2D eigenvalue weighted by Crippen LogP contribution is 2.27. The molecular weight excluding hydrogens is 448 g/mol. The van der Waals surface area contributed by atoms with Gasteiger partial charge in [0.15, 0.2) is 5.78 Å². The van der Waals surface area contributed by atoms with Gasteiger partial charge in [0.25, 0.3) is 5.56 Å². The molecule has 0 bridgehead atoms. The molecule has 1 saturated carbocycles. The highest BCUT2D eigenvalue weighted by atomic mass is 79.9. The fourth-order valence-electron chi connectivity index (χ4n) is 4.19. The average Bonchev–Trinajstić information content (AvgIpc) is 2.77. The van der Waals surface area contributed by atoms with Crippen molar-refractivity contribution in [2.75, 3.05) is 7.11 Å². The van der Waals surface area contributed by atoms with Gasteiger partial charge in [-0.2, -0.15) is 0 Å². The summed E-state index contributed by atoms with van der Waals surface area (Å²) in [5.41, 5.74) is 0.269. The summed E-state index contributed by atoms with van der Waals surface area (Å²) in [6, 6.07) is 11.9. The summed E-state index contributed by atoms with van der Waals surface area (Å²) in [7, 11) is 1.56. The summed E-state index contributed by atoms with van der Waals surface area (Å²) in [4.78, 5) is 39.6. The molecule has 30 heavy (non-hydrogen) atoms. The number of nitrogens with zero attached hydrogens (tertiary/aromatic N) is 2. The number of rotatable bonds is 5. The molecule has 1 fully saturated rings. The lowest BCUT2D eigenvalue weighted by Crippen LogP contribution is -2.43. The molecular formula is C23H23BrN2O4. The average molecular weight is 471 g/mol. The van der Waals surface area contributed by atoms with Crippen LogP contribution in [0.25, 0.3) is 10.9 Å². The normalized spacial score (nSPS) is 14.7. The molecule has 2 aromatic carbocycles. The minimum absolute atomic E-state index is 0.121. The van der Waals surface area contributed by atoms with Crippen molar-refractivity contribution in [3.05, 3.63) is 73.3 Å². The van der Waals surface area contributed by atoms with Crippen LogP contribution in [0, 0.1) is 0 Å². The van der Waals surface area contributed by atoms with Gasteiger partial charge in [0.2, 0.25) is 0 Å². The molecule has 0 spiro atoms. The molecule has 3 aromatic rings. The highest BCUT2D eigenvalue weighted by molar-refractivity contribution is 9.10. The predicted molar refractivity (Wildman–Crippen MR) is 120 cm³/mol. The maximum absolute atomic E-state index is 13.4. The Labute approximate surface area is 182 Å². The minimum atomic E-state index is -0.413. The first kappa shape index (κ1) is 20.6. The van der Waals surface area contributed by atoms with Gasteiger partial charge in [0.1, 0.15) is 5.75 Å². The Balaban J connectivity index is 1.84. The van der Waals surface area contributed by atoms with E-state index >= 15 is 0 Å². The smallest absolute Gasteiger partial charge is 0.332 e. The maximum Gasteiger partial charge on any atom is 0.332 e. The largest absolute Gasteiger partial charge is 0.497 e. The lowest BCUT2D eigenvalue weighted by atomic mass is 9.95. The van der Waals surface area contributed by atoms with Crippen LogP contribution in [0.1, 0.15) is 48.5 Å². The predicted octanol–water partition coefficient (Wildman–Crippen LogP) is 4.32. The van der Waals surface area contributed by atoms with Crippen LogP contribution >= 0.6 is 15.9 Å². The highest BCUT2D eigenvalue weighted by Gasteiger charge is 2.23. The van der Waals surface area contributed by atoms with Gasteiger partial charge in [-0.05, 0) is 55.3 Å². The molecule has 0 unspecified atom stereocenters. The van der Waals surface area contributed by atoms with Gasteiger partial charge >= 0.3 is 5.69 Å². The summed E-state index contributed by atoms with van der Waals surface area (Å²) in [6.45, 7) is -0.129. The number of aromatic nitrogens is 2. The Kier molecular flexibility index (Phi) is 5.90. The van der Waals surface area contributed by atoms with E-state index in [0.717, 1.165) is 36.6 Å². The summed E-state index contributed by atoms with van der Waals surface area (Å²) in [5.74, 6) is 0.461. The Morgan fingerprint density at radius 2 is 1.77 bits per heavy atom. The van der Waals surface area contributed by atoms with Crippen LogP contribution in [0.4, 0.5) is 0 Å². The quantitative estimate of drug-likeness (QED) is 0.520. The van der Waals surface area contributed by atoms with Gasteiger partial charge in [-0.15, -0.1) is 0 Å². The molecule has 0 radical (unpaired) electrons. The molecule has 0 amide bonds. The molecule has 156 valence electrons. The molecule has 0 atom stereocenters. The van der Waals surface area contributed by atoms with Gasteiger partial charge < -0.3 is 4.74 Å². The fraction of sp³-hybridized carbons (Fsp3) is 0.348. The molecule has 1 heterocycles. The number of carbonyl (C=O) groups excluding carboxylic acids is 1. The number of ether oxygens (including phenoxy) is 1. The Bertz CT molecular complexity index is 1200. The van der Waals surface area contributed by atoms with Crippen LogP contribution in [-0.4, -0.2) is 22.0 Å². The second-order valence-electron chi connectivity index (χ2n) is 7.65. The third kappa shape index (κ3) is 3.86. The molecule has 4 rings (SSSR count). The van der Waals surface area contributed by atoms with E-state index in [2.05, 4.69) is 15.9 Å². The molecule has 0 aliphatic heterocycles. The van der Waals surface area contributed by atoms with E-state index in [9.17, 15) is 14.4 Å². The van der Waals surface area contributed by atoms with Crippen LogP contribution in [0.5, 0.6) is 5.75 Å². The second kappa shape index (κ2) is 8.60. The van der Waals surface area contributed by atoms with Crippen molar-refractivity contribution < 1.29 is 9.53 Å². The van der Waals surface area contributed by atoms with Crippen molar-refractivity contribution in [2.24, 2.45) is 0 Å².